The van der Waals surface area contributed by atoms with Crippen LogP contribution in [0.2, 0.25) is 0 Å². The first-order valence-electron chi connectivity index (χ1n) is 3.44. The number of hydrogen-bond acceptors (Lipinski definition) is 4. The van der Waals surface area contributed by atoms with Gasteiger partial charge in [0.25, 0.3) is 0 Å². The summed E-state index contributed by atoms with van der Waals surface area (Å²) in [6.07, 6.45) is -1.89. The second kappa shape index (κ2) is 5.23. The zero-order chi connectivity index (χ0) is 8.85. The van der Waals surface area contributed by atoms with Gasteiger partial charge in [0.1, 0.15) is 6.61 Å². The second-order valence-electron chi connectivity index (χ2n) is 2.48. The van der Waals surface area contributed by atoms with Crippen LogP contribution in [0.15, 0.2) is 0 Å². The average Bonchev–Trinajstić information content (AvgIpc) is 1.87. The van der Waals surface area contributed by atoms with Crippen LogP contribution in [0.3, 0.4) is 0 Å². The minimum absolute atomic E-state index is 0.0101. The smallest absolute Gasteiger partial charge is 0.161 e. The van der Waals surface area contributed by atoms with Crippen molar-refractivity contribution in [2.24, 2.45) is 0 Å². The molecule has 0 rings (SSSR count). The first-order valence-corrected chi connectivity index (χ1v) is 3.44. The van der Waals surface area contributed by atoms with Gasteiger partial charge in [0, 0.05) is 13.5 Å². The van der Waals surface area contributed by atoms with Crippen molar-refractivity contribution < 1.29 is 19.7 Å². The predicted octanol–water partition coefficient (Wildman–Crippen LogP) is -0.666. The number of hydrogen-bond donors (Lipinski definition) is 2. The molecule has 0 aliphatic rings. The number of methoxy groups -OCH3 is 1. The highest BCUT2D eigenvalue weighted by atomic mass is 16.5. The van der Waals surface area contributed by atoms with E-state index >= 15 is 0 Å². The van der Waals surface area contributed by atoms with E-state index in [1.165, 1.54) is 14.0 Å². The first-order chi connectivity index (χ1) is 5.07. The summed E-state index contributed by atoms with van der Waals surface area (Å²) in [5, 5.41) is 17.8. The molecule has 0 aromatic carbocycles. The average molecular weight is 162 g/mol. The van der Waals surface area contributed by atoms with Crippen LogP contribution in [-0.4, -0.2) is 41.9 Å². The Bertz CT molecular complexity index is 122. The molecule has 0 bridgehead atoms. The molecule has 0 aliphatic heterocycles. The standard InChI is InChI=1S/C7H14O4/c1-5(8)7(10)3-6(9)4-11-2/h5,7-8,10H,3-4H2,1-2H3. The summed E-state index contributed by atoms with van der Waals surface area (Å²) in [5.74, 6) is -0.208. The minimum Gasteiger partial charge on any atom is -0.391 e. The highest BCUT2D eigenvalue weighted by Crippen LogP contribution is 1.98. The van der Waals surface area contributed by atoms with Crippen molar-refractivity contribution in [2.45, 2.75) is 25.6 Å². The molecule has 0 aliphatic carbocycles. The van der Waals surface area contributed by atoms with Gasteiger partial charge in [0.2, 0.25) is 0 Å². The number of ether oxygens (including phenoxy) is 1. The van der Waals surface area contributed by atoms with E-state index in [1.807, 2.05) is 0 Å². The lowest BCUT2D eigenvalue weighted by Crippen LogP contribution is -2.26. The summed E-state index contributed by atoms with van der Waals surface area (Å²) >= 11 is 0. The summed E-state index contributed by atoms with van der Waals surface area (Å²) in [6.45, 7) is 1.43. The van der Waals surface area contributed by atoms with Crippen LogP contribution in [0.5, 0.6) is 0 Å². The first kappa shape index (κ1) is 10.6. The SMILES string of the molecule is COCC(=O)CC(O)C(C)O. The molecule has 0 saturated carbocycles. The van der Waals surface area contributed by atoms with Gasteiger partial charge in [-0.1, -0.05) is 0 Å². The van der Waals surface area contributed by atoms with Gasteiger partial charge in [-0.05, 0) is 6.92 Å². The van der Waals surface area contributed by atoms with E-state index in [0.717, 1.165) is 0 Å². The third-order valence-electron chi connectivity index (χ3n) is 1.30. The molecule has 0 amide bonds. The maximum atomic E-state index is 10.8. The van der Waals surface area contributed by atoms with Gasteiger partial charge >= 0.3 is 0 Å². The molecule has 0 radical (unpaired) electrons. The van der Waals surface area contributed by atoms with Crippen molar-refractivity contribution in [3.63, 3.8) is 0 Å². The molecule has 4 nitrogen and oxygen atoms in total. The van der Waals surface area contributed by atoms with E-state index in [4.69, 9.17) is 10.2 Å². The molecule has 66 valence electrons. The normalized spacial score (nSPS) is 16.0. The molecule has 0 aromatic rings. The molecule has 11 heavy (non-hydrogen) atoms. The molecule has 4 heteroatoms. The van der Waals surface area contributed by atoms with Gasteiger partial charge in [-0.25, -0.2) is 0 Å². The lowest BCUT2D eigenvalue weighted by Gasteiger charge is -2.11. The zero-order valence-corrected chi connectivity index (χ0v) is 6.78. The second-order valence-corrected chi connectivity index (χ2v) is 2.48. The lowest BCUT2D eigenvalue weighted by molar-refractivity contribution is -0.126. The lowest BCUT2D eigenvalue weighted by atomic mass is 10.1. The number of aliphatic hydroxyl groups is 2. The Hall–Kier alpha value is -0.450. The summed E-state index contributed by atoms with van der Waals surface area (Å²) in [4.78, 5) is 10.8. The molecule has 0 fully saturated rings. The fraction of sp³-hybridized carbons (Fsp3) is 0.857. The molecule has 2 unspecified atom stereocenters. The van der Waals surface area contributed by atoms with Crippen LogP contribution in [0.4, 0.5) is 0 Å². The molecular formula is C7H14O4. The van der Waals surface area contributed by atoms with Crippen LogP contribution >= 0.6 is 0 Å². The maximum absolute atomic E-state index is 10.8. The minimum atomic E-state index is -0.974. The Morgan fingerprint density at radius 3 is 2.45 bits per heavy atom. The summed E-state index contributed by atoms with van der Waals surface area (Å²) in [7, 11) is 1.41. The van der Waals surface area contributed by atoms with E-state index < -0.39 is 12.2 Å². The van der Waals surface area contributed by atoms with Gasteiger partial charge in [-0.15, -0.1) is 0 Å². The number of carbonyl (C=O) groups excluding carboxylic acids is 1. The van der Waals surface area contributed by atoms with E-state index in [-0.39, 0.29) is 18.8 Å². The summed E-state index contributed by atoms with van der Waals surface area (Å²) in [6, 6.07) is 0. The van der Waals surface area contributed by atoms with Crippen molar-refractivity contribution in [3.8, 4) is 0 Å². The number of aliphatic hydroxyl groups excluding tert-OH is 2. The Morgan fingerprint density at radius 1 is 1.55 bits per heavy atom. The summed E-state index contributed by atoms with van der Waals surface area (Å²) in [5.41, 5.74) is 0. The van der Waals surface area contributed by atoms with Crippen molar-refractivity contribution in [2.75, 3.05) is 13.7 Å². The Balaban J connectivity index is 3.57. The van der Waals surface area contributed by atoms with Crippen LogP contribution in [0.1, 0.15) is 13.3 Å². The van der Waals surface area contributed by atoms with Crippen LogP contribution in [0, 0.1) is 0 Å². The van der Waals surface area contributed by atoms with E-state index in [1.54, 1.807) is 0 Å². The molecule has 0 saturated heterocycles. The Labute approximate surface area is 65.8 Å². The van der Waals surface area contributed by atoms with Crippen LogP contribution < -0.4 is 0 Å². The highest BCUT2D eigenvalue weighted by molar-refractivity contribution is 5.80. The van der Waals surface area contributed by atoms with Gasteiger partial charge in [-0.2, -0.15) is 0 Å². The summed E-state index contributed by atoms with van der Waals surface area (Å²) < 4.78 is 4.54. The van der Waals surface area contributed by atoms with E-state index in [9.17, 15) is 4.79 Å². The topological polar surface area (TPSA) is 66.8 Å². The monoisotopic (exact) mass is 162 g/mol. The number of ketones is 1. The highest BCUT2D eigenvalue weighted by Gasteiger charge is 2.14. The van der Waals surface area contributed by atoms with Gasteiger partial charge in [0.15, 0.2) is 5.78 Å². The molecule has 0 spiro atoms. The maximum Gasteiger partial charge on any atom is 0.161 e. The van der Waals surface area contributed by atoms with Crippen molar-refractivity contribution >= 4 is 5.78 Å². The van der Waals surface area contributed by atoms with Crippen LogP contribution in [0.25, 0.3) is 0 Å². The largest absolute Gasteiger partial charge is 0.391 e. The van der Waals surface area contributed by atoms with E-state index in [2.05, 4.69) is 4.74 Å². The van der Waals surface area contributed by atoms with Gasteiger partial charge in [0.05, 0.1) is 12.2 Å². The molecule has 2 N–H and O–H groups in total. The third-order valence-corrected chi connectivity index (χ3v) is 1.30. The quantitative estimate of drug-likeness (QED) is 0.563. The molecular weight excluding hydrogens is 148 g/mol. The number of carbonyl (C=O) groups is 1. The fourth-order valence-electron chi connectivity index (χ4n) is 0.624. The molecule has 0 heterocycles. The van der Waals surface area contributed by atoms with Crippen molar-refractivity contribution in [3.05, 3.63) is 0 Å². The number of rotatable bonds is 5. The molecule has 0 aromatic heterocycles. The Kier molecular flexibility index (Phi) is 5.02. The van der Waals surface area contributed by atoms with Crippen molar-refractivity contribution in [1.82, 2.24) is 0 Å². The Morgan fingerprint density at radius 2 is 2.09 bits per heavy atom. The van der Waals surface area contributed by atoms with Crippen molar-refractivity contribution in [1.29, 1.82) is 0 Å². The van der Waals surface area contributed by atoms with E-state index in [0.29, 0.717) is 0 Å². The molecule has 2 atom stereocenters. The number of Topliss-reactive ketones (excluding diaryl/α,β-unsaturated/α-hetero) is 1. The van der Waals surface area contributed by atoms with Gasteiger partial charge in [-0.3, -0.25) is 4.79 Å². The van der Waals surface area contributed by atoms with Crippen LogP contribution in [-0.2, 0) is 9.53 Å². The predicted molar refractivity (Wildman–Crippen MR) is 39.2 cm³/mol. The zero-order valence-electron chi connectivity index (χ0n) is 6.78. The third kappa shape index (κ3) is 4.89. The van der Waals surface area contributed by atoms with Gasteiger partial charge < -0.3 is 14.9 Å². The fourth-order valence-corrected chi connectivity index (χ4v) is 0.624.